The highest BCUT2D eigenvalue weighted by Gasteiger charge is 2.50. The van der Waals surface area contributed by atoms with Crippen LogP contribution in [0.25, 0.3) is 5.70 Å². The van der Waals surface area contributed by atoms with Gasteiger partial charge in [-0.05, 0) is 29.8 Å². The molecule has 0 saturated carbocycles. The highest BCUT2D eigenvalue weighted by molar-refractivity contribution is 7.80. The lowest BCUT2D eigenvalue weighted by molar-refractivity contribution is -0.135. The van der Waals surface area contributed by atoms with Gasteiger partial charge in [0.15, 0.2) is 11.4 Å². The van der Waals surface area contributed by atoms with Crippen LogP contribution in [0, 0.1) is 5.41 Å². The predicted octanol–water partition coefficient (Wildman–Crippen LogP) is 3.00. The summed E-state index contributed by atoms with van der Waals surface area (Å²) in [6, 6.07) is 18.4. The van der Waals surface area contributed by atoms with E-state index in [-0.39, 0.29) is 17.6 Å². The minimum Gasteiger partial charge on any atom is -0.299 e. The smallest absolute Gasteiger partial charge is 0.255 e. The van der Waals surface area contributed by atoms with E-state index >= 15 is 0 Å². The number of rotatable bonds is 2. The van der Waals surface area contributed by atoms with Gasteiger partial charge in [0.25, 0.3) is 5.91 Å². The standard InChI is InChI=1S/C22H22N4OS/c1-22(2)12-15-10-6-7-11-16(15)18-17(22)19(27)25(13-14-8-4-3-5-9-14)20-23-24-21(28)26(18)20/h3-11,20,23H,12-13H2,1-2H3,(H,24,28). The monoisotopic (exact) mass is 390 g/mol. The van der Waals surface area contributed by atoms with Crippen LogP contribution in [-0.4, -0.2) is 27.1 Å². The van der Waals surface area contributed by atoms with Crippen molar-refractivity contribution in [1.29, 1.82) is 0 Å². The molecule has 1 atom stereocenters. The third kappa shape index (κ3) is 2.48. The Kier molecular flexibility index (Phi) is 3.82. The van der Waals surface area contributed by atoms with Crippen LogP contribution in [0.4, 0.5) is 0 Å². The van der Waals surface area contributed by atoms with Crippen LogP contribution in [0.15, 0.2) is 60.2 Å². The van der Waals surface area contributed by atoms with Gasteiger partial charge in [-0.3, -0.25) is 20.0 Å². The fourth-order valence-electron chi connectivity index (χ4n) is 4.56. The summed E-state index contributed by atoms with van der Waals surface area (Å²) >= 11 is 5.63. The summed E-state index contributed by atoms with van der Waals surface area (Å²) < 4.78 is 0. The van der Waals surface area contributed by atoms with E-state index in [0.717, 1.165) is 28.8 Å². The van der Waals surface area contributed by atoms with Gasteiger partial charge in [-0.15, -0.1) is 0 Å². The molecule has 0 spiro atoms. The summed E-state index contributed by atoms with van der Waals surface area (Å²) in [5.41, 5.74) is 11.2. The second kappa shape index (κ2) is 6.15. The maximum atomic E-state index is 13.8. The molecule has 2 aliphatic heterocycles. The second-order valence-electron chi connectivity index (χ2n) is 8.18. The number of benzene rings is 2. The van der Waals surface area contributed by atoms with E-state index < -0.39 is 0 Å². The molecule has 1 unspecified atom stereocenters. The molecule has 0 radical (unpaired) electrons. The molecule has 3 aliphatic rings. The molecule has 5 nitrogen and oxygen atoms in total. The molecule has 0 bridgehead atoms. The molecule has 2 aromatic rings. The molecule has 1 fully saturated rings. The van der Waals surface area contributed by atoms with Crippen molar-refractivity contribution in [2.75, 3.05) is 0 Å². The quantitative estimate of drug-likeness (QED) is 0.772. The number of amides is 1. The predicted molar refractivity (Wildman–Crippen MR) is 112 cm³/mol. The SMILES string of the molecule is CC1(C)Cc2ccccc2C2=C1C(=O)N(Cc1ccccc1)C1NNC(=S)N21. The number of fused-ring (bicyclic) bond motifs is 4. The Balaban J connectivity index is 1.69. The fraction of sp³-hybridized carbons (Fsp3) is 0.273. The van der Waals surface area contributed by atoms with Crippen LogP contribution in [0.5, 0.6) is 0 Å². The zero-order valence-corrected chi connectivity index (χ0v) is 16.7. The Morgan fingerprint density at radius 3 is 2.61 bits per heavy atom. The van der Waals surface area contributed by atoms with Gasteiger partial charge in [0.1, 0.15) is 0 Å². The number of carbonyl (C=O) groups is 1. The fourth-order valence-corrected chi connectivity index (χ4v) is 4.81. The van der Waals surface area contributed by atoms with Crippen LogP contribution in [0.2, 0.25) is 0 Å². The maximum Gasteiger partial charge on any atom is 0.255 e. The van der Waals surface area contributed by atoms with E-state index in [2.05, 4.69) is 47.8 Å². The molecule has 5 rings (SSSR count). The van der Waals surface area contributed by atoms with Gasteiger partial charge in [0.2, 0.25) is 0 Å². The van der Waals surface area contributed by atoms with Gasteiger partial charge >= 0.3 is 0 Å². The first-order chi connectivity index (χ1) is 13.5. The lowest BCUT2D eigenvalue weighted by Crippen LogP contribution is -2.59. The summed E-state index contributed by atoms with van der Waals surface area (Å²) in [7, 11) is 0. The molecule has 1 saturated heterocycles. The van der Waals surface area contributed by atoms with Gasteiger partial charge in [0.05, 0.1) is 5.70 Å². The van der Waals surface area contributed by atoms with Crippen molar-refractivity contribution in [1.82, 2.24) is 20.7 Å². The van der Waals surface area contributed by atoms with E-state index in [1.807, 2.05) is 41.3 Å². The number of carbonyl (C=O) groups excluding carboxylic acids is 1. The third-order valence-electron chi connectivity index (χ3n) is 5.80. The van der Waals surface area contributed by atoms with E-state index in [0.29, 0.717) is 11.7 Å². The van der Waals surface area contributed by atoms with E-state index in [1.165, 1.54) is 5.56 Å². The summed E-state index contributed by atoms with van der Waals surface area (Å²) in [6.07, 6.45) is 0.486. The first kappa shape index (κ1) is 17.4. The van der Waals surface area contributed by atoms with Gasteiger partial charge < -0.3 is 0 Å². The lowest BCUT2D eigenvalue weighted by atomic mass is 9.70. The Bertz CT molecular complexity index is 1010. The molecule has 0 aromatic heterocycles. The molecule has 1 amide bonds. The van der Waals surface area contributed by atoms with Gasteiger partial charge in [-0.2, -0.15) is 5.43 Å². The van der Waals surface area contributed by atoms with E-state index in [1.54, 1.807) is 0 Å². The summed E-state index contributed by atoms with van der Waals surface area (Å²) in [5, 5.41) is 0.593. The number of hydrazine groups is 1. The van der Waals surface area contributed by atoms with Crippen LogP contribution in [-0.2, 0) is 17.8 Å². The van der Waals surface area contributed by atoms with Crippen LogP contribution >= 0.6 is 12.2 Å². The minimum absolute atomic E-state index is 0.0682. The molecule has 2 aromatic carbocycles. The Morgan fingerprint density at radius 1 is 1.11 bits per heavy atom. The van der Waals surface area contributed by atoms with Crippen molar-refractivity contribution in [3.05, 3.63) is 76.9 Å². The zero-order chi connectivity index (χ0) is 19.5. The maximum absolute atomic E-state index is 13.8. The Morgan fingerprint density at radius 2 is 1.82 bits per heavy atom. The Hall–Kier alpha value is -2.70. The van der Waals surface area contributed by atoms with Crippen LogP contribution in [0.1, 0.15) is 30.5 Å². The zero-order valence-electron chi connectivity index (χ0n) is 15.9. The topological polar surface area (TPSA) is 47.6 Å². The lowest BCUT2D eigenvalue weighted by Gasteiger charge is -2.47. The van der Waals surface area contributed by atoms with Crippen molar-refractivity contribution in [3.8, 4) is 0 Å². The number of nitrogens with one attached hydrogen (secondary N) is 2. The number of hydrogen-bond donors (Lipinski definition) is 2. The molecule has 28 heavy (non-hydrogen) atoms. The first-order valence-corrected chi connectivity index (χ1v) is 9.91. The molecule has 142 valence electrons. The molecule has 1 aliphatic carbocycles. The van der Waals surface area contributed by atoms with Crippen molar-refractivity contribution in [2.45, 2.75) is 33.1 Å². The van der Waals surface area contributed by atoms with Crippen molar-refractivity contribution >= 4 is 28.9 Å². The van der Waals surface area contributed by atoms with Crippen LogP contribution < -0.4 is 10.9 Å². The summed E-state index contributed by atoms with van der Waals surface area (Å²) in [5.74, 6) is 0.0682. The average Bonchev–Trinajstić information content (AvgIpc) is 3.06. The highest BCUT2D eigenvalue weighted by atomic mass is 32.1. The summed E-state index contributed by atoms with van der Waals surface area (Å²) in [4.78, 5) is 17.7. The van der Waals surface area contributed by atoms with E-state index in [9.17, 15) is 4.79 Å². The van der Waals surface area contributed by atoms with Crippen LogP contribution in [0.3, 0.4) is 0 Å². The van der Waals surface area contributed by atoms with Crippen molar-refractivity contribution in [3.63, 3.8) is 0 Å². The van der Waals surface area contributed by atoms with E-state index in [4.69, 9.17) is 12.2 Å². The number of hydrogen-bond acceptors (Lipinski definition) is 3. The minimum atomic E-state index is -0.346. The molecular formula is C22H22N4OS. The molecular weight excluding hydrogens is 368 g/mol. The number of nitrogens with zero attached hydrogens (tertiary/aromatic N) is 2. The molecule has 2 N–H and O–H groups in total. The largest absolute Gasteiger partial charge is 0.299 e. The van der Waals surface area contributed by atoms with Crippen molar-refractivity contribution in [2.24, 2.45) is 5.41 Å². The van der Waals surface area contributed by atoms with Crippen molar-refractivity contribution < 1.29 is 4.79 Å². The molecule has 6 heteroatoms. The second-order valence-corrected chi connectivity index (χ2v) is 8.56. The highest BCUT2D eigenvalue weighted by Crippen LogP contribution is 2.48. The van der Waals surface area contributed by atoms with Gasteiger partial charge in [-0.1, -0.05) is 68.4 Å². The average molecular weight is 391 g/mol. The summed E-state index contributed by atoms with van der Waals surface area (Å²) in [6.45, 7) is 4.82. The first-order valence-electron chi connectivity index (χ1n) is 9.50. The normalized spacial score (nSPS) is 22.6. The Labute approximate surface area is 170 Å². The van der Waals surface area contributed by atoms with Gasteiger partial charge in [0, 0.05) is 23.1 Å². The van der Waals surface area contributed by atoms with Gasteiger partial charge in [-0.25, -0.2) is 0 Å². The third-order valence-corrected chi connectivity index (χ3v) is 6.10. The number of thiocarbonyl (C=S) groups is 1. The molecule has 2 heterocycles.